The van der Waals surface area contributed by atoms with Crippen molar-refractivity contribution in [3.05, 3.63) is 33.3 Å². The van der Waals surface area contributed by atoms with Gasteiger partial charge in [-0.15, -0.1) is 0 Å². The highest BCUT2D eigenvalue weighted by Crippen LogP contribution is 2.23. The van der Waals surface area contributed by atoms with Gasteiger partial charge in [0.05, 0.1) is 23.8 Å². The largest absolute Gasteiger partial charge is 0.478 e. The highest BCUT2D eigenvalue weighted by molar-refractivity contribution is 9.10. The van der Waals surface area contributed by atoms with Crippen LogP contribution in [0.25, 0.3) is 0 Å². The van der Waals surface area contributed by atoms with Gasteiger partial charge < -0.3 is 10.2 Å². The van der Waals surface area contributed by atoms with Crippen molar-refractivity contribution in [2.45, 2.75) is 6.61 Å². The second kappa shape index (κ2) is 4.22. The zero-order valence-corrected chi connectivity index (χ0v) is 8.58. The molecule has 1 aromatic rings. The van der Waals surface area contributed by atoms with Gasteiger partial charge in [0, 0.05) is 10.0 Å². The fraction of sp³-hybridized carbons (Fsp3) is 0.111. The number of aliphatic hydroxyl groups is 1. The summed E-state index contributed by atoms with van der Waals surface area (Å²) in [6.45, 7) is -0.381. The molecule has 1 rings (SSSR count). The van der Waals surface area contributed by atoms with Crippen LogP contribution in [-0.4, -0.2) is 16.2 Å². The molecule has 2 N–H and O–H groups in total. The second-order valence-corrected chi connectivity index (χ2v) is 3.41. The van der Waals surface area contributed by atoms with Crippen molar-refractivity contribution >= 4 is 21.9 Å². The first-order valence-electron chi connectivity index (χ1n) is 3.66. The molecule has 0 bridgehead atoms. The molecule has 5 heteroatoms. The average molecular weight is 256 g/mol. The fourth-order valence-electron chi connectivity index (χ4n) is 1.05. The number of aliphatic hydroxyl groups excluding tert-OH is 1. The number of hydrogen-bond acceptors (Lipinski definition) is 3. The van der Waals surface area contributed by atoms with Crippen LogP contribution in [0.2, 0.25) is 0 Å². The summed E-state index contributed by atoms with van der Waals surface area (Å²) in [4.78, 5) is 10.8. The van der Waals surface area contributed by atoms with E-state index in [2.05, 4.69) is 15.9 Å². The van der Waals surface area contributed by atoms with Gasteiger partial charge in [0.2, 0.25) is 0 Å². The Bertz CT molecular complexity index is 423. The number of rotatable bonds is 2. The molecule has 1 aromatic carbocycles. The minimum Gasteiger partial charge on any atom is -0.478 e. The van der Waals surface area contributed by atoms with E-state index in [0.717, 1.165) is 0 Å². The third kappa shape index (κ3) is 1.92. The van der Waals surface area contributed by atoms with Crippen LogP contribution in [0.3, 0.4) is 0 Å². The van der Waals surface area contributed by atoms with Crippen LogP contribution < -0.4 is 0 Å². The van der Waals surface area contributed by atoms with Crippen LogP contribution in [0.1, 0.15) is 21.5 Å². The Balaban J connectivity index is 3.45. The van der Waals surface area contributed by atoms with Crippen LogP contribution >= 0.6 is 15.9 Å². The third-order valence-electron chi connectivity index (χ3n) is 1.71. The van der Waals surface area contributed by atoms with Gasteiger partial charge in [-0.05, 0) is 12.1 Å². The lowest BCUT2D eigenvalue weighted by Gasteiger charge is -2.05. The predicted octanol–water partition coefficient (Wildman–Crippen LogP) is 1.51. The lowest BCUT2D eigenvalue weighted by molar-refractivity contribution is 0.0693. The van der Waals surface area contributed by atoms with E-state index in [1.807, 2.05) is 6.07 Å². The normalized spacial score (nSPS) is 9.50. The monoisotopic (exact) mass is 255 g/mol. The number of nitrogens with zero attached hydrogens (tertiary/aromatic N) is 1. The predicted molar refractivity (Wildman–Crippen MR) is 51.7 cm³/mol. The molecule has 0 aliphatic rings. The lowest BCUT2D eigenvalue weighted by Crippen LogP contribution is -2.04. The minimum absolute atomic E-state index is 0.0570. The summed E-state index contributed by atoms with van der Waals surface area (Å²) in [5.74, 6) is -1.16. The van der Waals surface area contributed by atoms with E-state index in [9.17, 15) is 4.79 Å². The SMILES string of the molecule is N#Cc1cc(Br)c(CO)c(C(=O)O)c1. The maximum absolute atomic E-state index is 10.8. The van der Waals surface area contributed by atoms with Crippen molar-refractivity contribution < 1.29 is 15.0 Å². The first kappa shape index (κ1) is 10.7. The molecule has 14 heavy (non-hydrogen) atoms. The standard InChI is InChI=1S/C9H6BrNO3/c10-8-2-5(3-11)1-6(9(13)14)7(8)4-12/h1-2,12H,4H2,(H,13,14). The van der Waals surface area contributed by atoms with E-state index >= 15 is 0 Å². The van der Waals surface area contributed by atoms with Gasteiger partial charge in [0.25, 0.3) is 0 Å². The minimum atomic E-state index is -1.16. The maximum Gasteiger partial charge on any atom is 0.336 e. The van der Waals surface area contributed by atoms with Crippen molar-refractivity contribution in [3.63, 3.8) is 0 Å². The molecular formula is C9H6BrNO3. The van der Waals surface area contributed by atoms with E-state index in [1.54, 1.807) is 0 Å². The Hall–Kier alpha value is -1.38. The first-order chi connectivity index (χ1) is 6.60. The number of carboxylic acids is 1. The van der Waals surface area contributed by atoms with Crippen LogP contribution in [0.5, 0.6) is 0 Å². The zero-order valence-electron chi connectivity index (χ0n) is 6.99. The zero-order chi connectivity index (χ0) is 10.7. The highest BCUT2D eigenvalue weighted by Gasteiger charge is 2.13. The van der Waals surface area contributed by atoms with E-state index in [1.165, 1.54) is 12.1 Å². The van der Waals surface area contributed by atoms with Crippen LogP contribution in [-0.2, 0) is 6.61 Å². The van der Waals surface area contributed by atoms with Crippen LogP contribution in [0.4, 0.5) is 0 Å². The molecule has 0 aliphatic carbocycles. The number of halogens is 1. The maximum atomic E-state index is 10.8. The Morgan fingerprint density at radius 2 is 2.21 bits per heavy atom. The summed E-state index contributed by atoms with van der Waals surface area (Å²) in [5, 5.41) is 26.3. The van der Waals surface area contributed by atoms with Gasteiger partial charge in [-0.2, -0.15) is 5.26 Å². The molecule has 0 aromatic heterocycles. The van der Waals surface area contributed by atoms with Crippen LogP contribution in [0.15, 0.2) is 16.6 Å². The molecule has 4 nitrogen and oxygen atoms in total. The second-order valence-electron chi connectivity index (χ2n) is 2.56. The Morgan fingerprint density at radius 1 is 1.57 bits per heavy atom. The van der Waals surface area contributed by atoms with Crippen molar-refractivity contribution in [2.24, 2.45) is 0 Å². The number of benzene rings is 1. The molecule has 0 aliphatic heterocycles. The quantitative estimate of drug-likeness (QED) is 0.840. The molecule has 72 valence electrons. The summed E-state index contributed by atoms with van der Waals surface area (Å²) in [6.07, 6.45) is 0. The van der Waals surface area contributed by atoms with Gasteiger partial charge in [-0.3, -0.25) is 0 Å². The summed E-state index contributed by atoms with van der Waals surface area (Å²) in [7, 11) is 0. The number of carboxylic acid groups (broad SMARTS) is 1. The molecule has 0 atom stereocenters. The fourth-order valence-corrected chi connectivity index (χ4v) is 1.64. The number of carbonyl (C=O) groups is 1. The number of hydrogen-bond donors (Lipinski definition) is 2. The average Bonchev–Trinajstić information content (AvgIpc) is 2.16. The molecular weight excluding hydrogens is 250 g/mol. The summed E-state index contributed by atoms with van der Waals surface area (Å²) in [6, 6.07) is 4.54. The highest BCUT2D eigenvalue weighted by atomic mass is 79.9. The van der Waals surface area contributed by atoms with E-state index < -0.39 is 5.97 Å². The molecule has 0 saturated heterocycles. The van der Waals surface area contributed by atoms with E-state index in [0.29, 0.717) is 4.47 Å². The molecule has 0 fully saturated rings. The van der Waals surface area contributed by atoms with Gasteiger partial charge >= 0.3 is 5.97 Å². The lowest BCUT2D eigenvalue weighted by atomic mass is 10.1. The summed E-state index contributed by atoms with van der Waals surface area (Å²) in [5.41, 5.74) is 0.460. The van der Waals surface area contributed by atoms with Gasteiger partial charge in [-0.25, -0.2) is 4.79 Å². The van der Waals surface area contributed by atoms with E-state index in [4.69, 9.17) is 15.5 Å². The summed E-state index contributed by atoms with van der Waals surface area (Å²) < 4.78 is 0.427. The molecule has 0 spiro atoms. The molecule has 0 radical (unpaired) electrons. The van der Waals surface area contributed by atoms with Gasteiger partial charge in [0.1, 0.15) is 0 Å². The van der Waals surface area contributed by atoms with Gasteiger partial charge in [-0.1, -0.05) is 15.9 Å². The smallest absolute Gasteiger partial charge is 0.336 e. The third-order valence-corrected chi connectivity index (χ3v) is 2.42. The Labute approximate surface area is 88.5 Å². The van der Waals surface area contributed by atoms with Crippen molar-refractivity contribution in [1.82, 2.24) is 0 Å². The molecule has 0 saturated carbocycles. The summed E-state index contributed by atoms with van der Waals surface area (Å²) >= 11 is 3.09. The topological polar surface area (TPSA) is 81.3 Å². The van der Waals surface area contributed by atoms with Gasteiger partial charge in [0.15, 0.2) is 0 Å². The van der Waals surface area contributed by atoms with Crippen LogP contribution in [0, 0.1) is 11.3 Å². The number of nitriles is 1. The molecule has 0 unspecified atom stereocenters. The van der Waals surface area contributed by atoms with E-state index in [-0.39, 0.29) is 23.3 Å². The molecule has 0 amide bonds. The van der Waals surface area contributed by atoms with Crippen molar-refractivity contribution in [2.75, 3.05) is 0 Å². The number of aromatic carboxylic acids is 1. The van der Waals surface area contributed by atoms with Crippen molar-refractivity contribution in [1.29, 1.82) is 5.26 Å². The Kier molecular flexibility index (Phi) is 3.23. The van der Waals surface area contributed by atoms with Crippen molar-refractivity contribution in [3.8, 4) is 6.07 Å². The first-order valence-corrected chi connectivity index (χ1v) is 4.46. The Morgan fingerprint density at radius 3 is 2.64 bits per heavy atom. The molecule has 0 heterocycles.